The van der Waals surface area contributed by atoms with E-state index in [2.05, 4.69) is 10.6 Å². The highest BCUT2D eigenvalue weighted by Gasteiger charge is 2.32. The number of fused-ring (bicyclic) bond motifs is 1. The van der Waals surface area contributed by atoms with Crippen molar-refractivity contribution in [2.45, 2.75) is 31.2 Å². The number of hydrogen-bond donors (Lipinski definition) is 3. The lowest BCUT2D eigenvalue weighted by molar-refractivity contribution is -0.126. The van der Waals surface area contributed by atoms with Gasteiger partial charge in [-0.25, -0.2) is 0 Å². The van der Waals surface area contributed by atoms with Crippen LogP contribution in [0, 0.1) is 5.92 Å². The largest absolute Gasteiger partial charge is 0.354 e. The predicted molar refractivity (Wildman–Crippen MR) is 83.4 cm³/mol. The zero-order valence-electron chi connectivity index (χ0n) is 11.7. The van der Waals surface area contributed by atoms with Gasteiger partial charge in [0.2, 0.25) is 11.8 Å². The molecule has 1 saturated carbocycles. The Morgan fingerprint density at radius 3 is 2.81 bits per heavy atom. The number of nitrogens with two attached hydrogens (primary N) is 1. The number of benzene rings is 1. The van der Waals surface area contributed by atoms with E-state index >= 15 is 0 Å². The van der Waals surface area contributed by atoms with E-state index in [1.165, 1.54) is 0 Å². The van der Waals surface area contributed by atoms with Crippen LogP contribution in [0.25, 0.3) is 0 Å². The molecule has 21 heavy (non-hydrogen) atoms. The summed E-state index contributed by atoms with van der Waals surface area (Å²) in [6, 6.07) is 7.48. The minimum Gasteiger partial charge on any atom is -0.354 e. The molecule has 5 nitrogen and oxygen atoms in total. The van der Waals surface area contributed by atoms with Crippen molar-refractivity contribution in [3.8, 4) is 0 Å². The molecule has 1 fully saturated rings. The minimum absolute atomic E-state index is 0. The highest BCUT2D eigenvalue weighted by Crippen LogP contribution is 2.33. The molecule has 2 amide bonds. The van der Waals surface area contributed by atoms with Crippen molar-refractivity contribution >= 4 is 29.9 Å². The molecule has 1 heterocycles. The summed E-state index contributed by atoms with van der Waals surface area (Å²) >= 11 is 0. The number of anilines is 1. The van der Waals surface area contributed by atoms with Crippen LogP contribution < -0.4 is 16.4 Å². The third-order valence-electron chi connectivity index (χ3n) is 4.06. The molecule has 0 bridgehead atoms. The van der Waals surface area contributed by atoms with Crippen molar-refractivity contribution in [1.82, 2.24) is 5.32 Å². The van der Waals surface area contributed by atoms with E-state index in [9.17, 15) is 9.59 Å². The van der Waals surface area contributed by atoms with E-state index in [4.69, 9.17) is 5.73 Å². The second-order valence-electron chi connectivity index (χ2n) is 5.64. The number of carbonyl (C=O) groups is 2. The zero-order valence-corrected chi connectivity index (χ0v) is 12.5. The second kappa shape index (κ2) is 6.45. The normalized spacial score (nSPS) is 21.6. The van der Waals surface area contributed by atoms with Gasteiger partial charge in [0.15, 0.2) is 0 Å². The second-order valence-corrected chi connectivity index (χ2v) is 5.64. The molecule has 2 atom stereocenters. The molecule has 1 aliphatic carbocycles. The van der Waals surface area contributed by atoms with Crippen LogP contribution in [0.4, 0.5) is 5.69 Å². The molecule has 1 aromatic rings. The molecule has 3 rings (SSSR count). The van der Waals surface area contributed by atoms with Gasteiger partial charge in [0.05, 0.1) is 5.92 Å². The minimum atomic E-state index is -0.411. The average molecular weight is 310 g/mol. The van der Waals surface area contributed by atoms with Crippen molar-refractivity contribution < 1.29 is 9.59 Å². The number of para-hydroxylation sites is 1. The van der Waals surface area contributed by atoms with Gasteiger partial charge in [0.1, 0.15) is 0 Å². The number of carbonyl (C=O) groups excluding carboxylic acids is 2. The lowest BCUT2D eigenvalue weighted by Crippen LogP contribution is -2.42. The summed E-state index contributed by atoms with van der Waals surface area (Å²) in [5.74, 6) is -0.0812. The van der Waals surface area contributed by atoms with Gasteiger partial charge in [-0.3, -0.25) is 9.59 Å². The quantitative estimate of drug-likeness (QED) is 0.786. The highest BCUT2D eigenvalue weighted by atomic mass is 35.5. The lowest BCUT2D eigenvalue weighted by atomic mass is 9.90. The third-order valence-corrected chi connectivity index (χ3v) is 4.06. The van der Waals surface area contributed by atoms with Crippen LogP contribution in [-0.2, 0) is 9.59 Å². The van der Waals surface area contributed by atoms with E-state index < -0.39 is 5.92 Å². The van der Waals surface area contributed by atoms with Crippen LogP contribution in [0.5, 0.6) is 0 Å². The van der Waals surface area contributed by atoms with Gasteiger partial charge in [-0.15, -0.1) is 12.4 Å². The first kappa shape index (κ1) is 15.8. The fourth-order valence-corrected chi connectivity index (χ4v) is 2.68. The fourth-order valence-electron chi connectivity index (χ4n) is 2.68. The van der Waals surface area contributed by atoms with E-state index in [1.807, 2.05) is 24.3 Å². The van der Waals surface area contributed by atoms with Gasteiger partial charge in [-0.05, 0) is 30.4 Å². The number of halogens is 1. The smallest absolute Gasteiger partial charge is 0.228 e. The van der Waals surface area contributed by atoms with Gasteiger partial charge < -0.3 is 16.4 Å². The van der Waals surface area contributed by atoms with Crippen molar-refractivity contribution in [3.63, 3.8) is 0 Å². The molecular weight excluding hydrogens is 290 g/mol. The van der Waals surface area contributed by atoms with Crippen LogP contribution in [0.2, 0.25) is 0 Å². The average Bonchev–Trinajstić information content (AvgIpc) is 3.28. The van der Waals surface area contributed by atoms with Crippen LogP contribution >= 0.6 is 12.4 Å². The first-order valence-electron chi connectivity index (χ1n) is 7.07. The van der Waals surface area contributed by atoms with E-state index in [-0.39, 0.29) is 36.7 Å². The molecule has 6 heteroatoms. The van der Waals surface area contributed by atoms with Crippen LogP contribution in [0.1, 0.15) is 30.7 Å². The van der Waals surface area contributed by atoms with Gasteiger partial charge in [-0.2, -0.15) is 0 Å². The predicted octanol–water partition coefficient (Wildman–Crippen LogP) is 1.39. The summed E-state index contributed by atoms with van der Waals surface area (Å²) in [6.07, 6.45) is 2.51. The fraction of sp³-hybridized carbons (Fsp3) is 0.467. The van der Waals surface area contributed by atoms with E-state index in [0.29, 0.717) is 12.5 Å². The SMILES string of the molecule is Cl.NC(CNC(=O)C1CC(=O)Nc2ccccc21)C1CC1. The van der Waals surface area contributed by atoms with Gasteiger partial charge in [-0.1, -0.05) is 18.2 Å². The number of hydrogen-bond acceptors (Lipinski definition) is 3. The molecule has 4 N–H and O–H groups in total. The van der Waals surface area contributed by atoms with Crippen molar-refractivity contribution in [2.24, 2.45) is 11.7 Å². The Bertz CT molecular complexity index is 545. The summed E-state index contributed by atoms with van der Waals surface area (Å²) in [5, 5.41) is 5.69. The van der Waals surface area contributed by atoms with Crippen molar-refractivity contribution in [1.29, 1.82) is 0 Å². The molecule has 2 aliphatic rings. The third kappa shape index (κ3) is 3.54. The zero-order chi connectivity index (χ0) is 14.1. The summed E-state index contributed by atoms with van der Waals surface area (Å²) in [4.78, 5) is 24.0. The van der Waals surface area contributed by atoms with Gasteiger partial charge >= 0.3 is 0 Å². The summed E-state index contributed by atoms with van der Waals surface area (Å²) in [7, 11) is 0. The number of nitrogens with one attached hydrogen (secondary N) is 2. The topological polar surface area (TPSA) is 84.2 Å². The van der Waals surface area contributed by atoms with Crippen LogP contribution in [-0.4, -0.2) is 24.4 Å². The maximum Gasteiger partial charge on any atom is 0.228 e. The summed E-state index contributed by atoms with van der Waals surface area (Å²) in [5.41, 5.74) is 7.60. The Hall–Kier alpha value is -1.59. The highest BCUT2D eigenvalue weighted by molar-refractivity contribution is 6.01. The van der Waals surface area contributed by atoms with Gasteiger partial charge in [0.25, 0.3) is 0 Å². The molecule has 114 valence electrons. The maximum atomic E-state index is 12.3. The Balaban J connectivity index is 0.00000161. The van der Waals surface area contributed by atoms with Gasteiger partial charge in [0, 0.05) is 24.7 Å². The summed E-state index contributed by atoms with van der Waals surface area (Å²) < 4.78 is 0. The number of amides is 2. The first-order chi connectivity index (χ1) is 9.65. The standard InChI is InChI=1S/C15H19N3O2.ClH/c16-12(9-5-6-9)8-17-15(20)11-7-14(19)18-13-4-2-1-3-10(11)13;/h1-4,9,11-12H,5-8,16H2,(H,17,20)(H,18,19);1H. The Kier molecular flexibility index (Phi) is 4.85. The Labute approximate surface area is 130 Å². The monoisotopic (exact) mass is 309 g/mol. The van der Waals surface area contributed by atoms with Crippen molar-refractivity contribution in [3.05, 3.63) is 29.8 Å². The molecule has 0 radical (unpaired) electrons. The molecule has 0 aromatic heterocycles. The van der Waals surface area contributed by atoms with Crippen LogP contribution in [0.15, 0.2) is 24.3 Å². The van der Waals surface area contributed by atoms with Crippen LogP contribution in [0.3, 0.4) is 0 Å². The molecule has 0 saturated heterocycles. The Morgan fingerprint density at radius 1 is 1.38 bits per heavy atom. The Morgan fingerprint density at radius 2 is 2.10 bits per heavy atom. The van der Waals surface area contributed by atoms with Crippen molar-refractivity contribution in [2.75, 3.05) is 11.9 Å². The lowest BCUT2D eigenvalue weighted by Gasteiger charge is -2.25. The summed E-state index contributed by atoms with van der Waals surface area (Å²) in [6.45, 7) is 0.490. The number of rotatable bonds is 4. The van der Waals surface area contributed by atoms with E-state index in [0.717, 1.165) is 24.1 Å². The molecule has 2 unspecified atom stereocenters. The molecule has 0 spiro atoms. The molecule has 1 aromatic carbocycles. The van der Waals surface area contributed by atoms with E-state index in [1.54, 1.807) is 0 Å². The maximum absolute atomic E-state index is 12.3. The molecular formula is C15H20ClN3O2. The first-order valence-corrected chi connectivity index (χ1v) is 7.07. The molecule has 1 aliphatic heterocycles.